The molecule has 0 spiro atoms. The first-order chi connectivity index (χ1) is 10.5. The standard InChI is InChI=1S/C15H18N4O3/c1-11-5-6-12(2)14(8-11)17-15(20)4-3-7-18-10-13(9-16-18)19(21)22/h5-6,8-10H,3-4,7H2,1-2H3,(H,17,20). The topological polar surface area (TPSA) is 90.1 Å². The molecule has 7 heteroatoms. The summed E-state index contributed by atoms with van der Waals surface area (Å²) in [4.78, 5) is 22.0. The predicted molar refractivity (Wildman–Crippen MR) is 82.7 cm³/mol. The fourth-order valence-electron chi connectivity index (χ4n) is 2.05. The number of aromatic nitrogens is 2. The van der Waals surface area contributed by atoms with Crippen LogP contribution in [0.25, 0.3) is 0 Å². The van der Waals surface area contributed by atoms with Crippen LogP contribution in [0.2, 0.25) is 0 Å². The van der Waals surface area contributed by atoms with Crippen LogP contribution in [0, 0.1) is 24.0 Å². The normalized spacial score (nSPS) is 10.5. The zero-order valence-corrected chi connectivity index (χ0v) is 12.6. The number of carbonyl (C=O) groups excluding carboxylic acids is 1. The first-order valence-electron chi connectivity index (χ1n) is 6.99. The van der Waals surface area contributed by atoms with Crippen molar-refractivity contribution in [2.24, 2.45) is 0 Å². The molecule has 2 aromatic rings. The van der Waals surface area contributed by atoms with Crippen molar-refractivity contribution in [2.75, 3.05) is 5.32 Å². The monoisotopic (exact) mass is 302 g/mol. The van der Waals surface area contributed by atoms with Crippen molar-refractivity contribution in [3.05, 3.63) is 51.8 Å². The number of nitrogens with zero attached hydrogens (tertiary/aromatic N) is 3. The summed E-state index contributed by atoms with van der Waals surface area (Å²) in [5.74, 6) is -0.0737. The van der Waals surface area contributed by atoms with E-state index >= 15 is 0 Å². The van der Waals surface area contributed by atoms with Gasteiger partial charge in [-0.1, -0.05) is 12.1 Å². The number of nitrogens with one attached hydrogen (secondary N) is 1. The zero-order valence-electron chi connectivity index (χ0n) is 12.6. The second-order valence-corrected chi connectivity index (χ2v) is 5.19. The number of aryl methyl sites for hydroxylation is 3. The van der Waals surface area contributed by atoms with Gasteiger partial charge in [0, 0.05) is 18.7 Å². The van der Waals surface area contributed by atoms with Crippen LogP contribution in [0.4, 0.5) is 11.4 Å². The van der Waals surface area contributed by atoms with E-state index < -0.39 is 4.92 Å². The summed E-state index contributed by atoms with van der Waals surface area (Å²) in [5.41, 5.74) is 2.88. The number of rotatable bonds is 6. The Balaban J connectivity index is 1.82. The van der Waals surface area contributed by atoms with Gasteiger partial charge in [-0.2, -0.15) is 5.10 Å². The summed E-state index contributed by atoms with van der Waals surface area (Å²) < 4.78 is 1.48. The average Bonchev–Trinajstić information content (AvgIpc) is 2.92. The van der Waals surface area contributed by atoms with Crippen LogP contribution in [-0.4, -0.2) is 20.6 Å². The number of amides is 1. The van der Waals surface area contributed by atoms with Crippen molar-refractivity contribution >= 4 is 17.3 Å². The van der Waals surface area contributed by atoms with E-state index in [1.54, 1.807) is 0 Å². The summed E-state index contributed by atoms with van der Waals surface area (Å²) in [6.45, 7) is 4.38. The minimum atomic E-state index is -0.489. The third kappa shape index (κ3) is 4.15. The van der Waals surface area contributed by atoms with E-state index in [1.807, 2.05) is 32.0 Å². The SMILES string of the molecule is Cc1ccc(C)c(NC(=O)CCCn2cc([N+](=O)[O-])cn2)c1. The molecule has 0 fully saturated rings. The van der Waals surface area contributed by atoms with Crippen LogP contribution in [0.1, 0.15) is 24.0 Å². The van der Waals surface area contributed by atoms with Crippen molar-refractivity contribution < 1.29 is 9.72 Å². The van der Waals surface area contributed by atoms with Gasteiger partial charge in [-0.3, -0.25) is 19.6 Å². The quantitative estimate of drug-likeness (QED) is 0.656. The van der Waals surface area contributed by atoms with Crippen LogP contribution < -0.4 is 5.32 Å². The van der Waals surface area contributed by atoms with Gasteiger partial charge in [-0.25, -0.2) is 0 Å². The van der Waals surface area contributed by atoms with Gasteiger partial charge in [0.15, 0.2) is 0 Å². The van der Waals surface area contributed by atoms with E-state index in [-0.39, 0.29) is 11.6 Å². The van der Waals surface area contributed by atoms with E-state index in [1.165, 1.54) is 17.1 Å². The fraction of sp³-hybridized carbons (Fsp3) is 0.333. The molecular formula is C15H18N4O3. The minimum absolute atomic E-state index is 0.0418. The molecule has 0 aliphatic rings. The molecule has 0 saturated carbocycles. The molecule has 0 radical (unpaired) electrons. The molecule has 0 saturated heterocycles. The van der Waals surface area contributed by atoms with Gasteiger partial charge in [-0.15, -0.1) is 0 Å². The van der Waals surface area contributed by atoms with Gasteiger partial charge in [0.1, 0.15) is 12.4 Å². The lowest BCUT2D eigenvalue weighted by Crippen LogP contribution is -2.13. The predicted octanol–water partition coefficient (Wildman–Crippen LogP) is 2.83. The highest BCUT2D eigenvalue weighted by Gasteiger charge is 2.09. The summed E-state index contributed by atoms with van der Waals surface area (Å²) in [7, 11) is 0. The maximum Gasteiger partial charge on any atom is 0.306 e. The van der Waals surface area contributed by atoms with Crippen LogP contribution in [-0.2, 0) is 11.3 Å². The summed E-state index contributed by atoms with van der Waals surface area (Å²) in [6, 6.07) is 5.90. The molecule has 1 heterocycles. The van der Waals surface area contributed by atoms with Crippen molar-refractivity contribution in [3.8, 4) is 0 Å². The average molecular weight is 302 g/mol. The second-order valence-electron chi connectivity index (χ2n) is 5.19. The van der Waals surface area contributed by atoms with E-state index in [4.69, 9.17) is 0 Å². The molecule has 1 N–H and O–H groups in total. The molecule has 2 rings (SSSR count). The molecule has 0 bridgehead atoms. The molecule has 0 aliphatic heterocycles. The molecule has 0 unspecified atom stereocenters. The number of hydrogen-bond acceptors (Lipinski definition) is 4. The number of nitro groups is 1. The van der Waals surface area contributed by atoms with Crippen molar-refractivity contribution in [2.45, 2.75) is 33.2 Å². The summed E-state index contributed by atoms with van der Waals surface area (Å²) >= 11 is 0. The lowest BCUT2D eigenvalue weighted by atomic mass is 10.1. The van der Waals surface area contributed by atoms with Gasteiger partial charge >= 0.3 is 5.69 Å². The van der Waals surface area contributed by atoms with Gasteiger partial charge < -0.3 is 5.32 Å². The number of carbonyl (C=O) groups is 1. The zero-order chi connectivity index (χ0) is 16.1. The molecular weight excluding hydrogens is 284 g/mol. The van der Waals surface area contributed by atoms with Crippen LogP contribution >= 0.6 is 0 Å². The Labute approximate surface area is 128 Å². The maximum atomic E-state index is 11.9. The fourth-order valence-corrected chi connectivity index (χ4v) is 2.05. The van der Waals surface area contributed by atoms with Crippen LogP contribution in [0.5, 0.6) is 0 Å². The summed E-state index contributed by atoms with van der Waals surface area (Å²) in [5, 5.41) is 17.3. The lowest BCUT2D eigenvalue weighted by Gasteiger charge is -2.09. The Morgan fingerprint density at radius 2 is 2.18 bits per heavy atom. The second kappa shape index (κ2) is 6.84. The van der Waals surface area contributed by atoms with E-state index in [0.717, 1.165) is 16.8 Å². The minimum Gasteiger partial charge on any atom is -0.326 e. The highest BCUT2D eigenvalue weighted by Crippen LogP contribution is 2.16. The Morgan fingerprint density at radius 1 is 1.41 bits per heavy atom. The van der Waals surface area contributed by atoms with Gasteiger partial charge in [0.05, 0.1) is 4.92 Å². The smallest absolute Gasteiger partial charge is 0.306 e. The van der Waals surface area contributed by atoms with Crippen LogP contribution in [0.3, 0.4) is 0 Å². The van der Waals surface area contributed by atoms with Gasteiger partial charge in [0.2, 0.25) is 5.91 Å². The molecule has 7 nitrogen and oxygen atoms in total. The van der Waals surface area contributed by atoms with Gasteiger partial charge in [-0.05, 0) is 37.5 Å². The van der Waals surface area contributed by atoms with Crippen molar-refractivity contribution in [1.82, 2.24) is 9.78 Å². The largest absolute Gasteiger partial charge is 0.326 e. The van der Waals surface area contributed by atoms with Gasteiger partial charge in [0.25, 0.3) is 0 Å². The van der Waals surface area contributed by atoms with Crippen LogP contribution in [0.15, 0.2) is 30.6 Å². The Bertz CT molecular complexity index is 694. The van der Waals surface area contributed by atoms with E-state index in [2.05, 4.69) is 10.4 Å². The molecule has 116 valence electrons. The first-order valence-corrected chi connectivity index (χ1v) is 6.99. The Morgan fingerprint density at radius 3 is 2.86 bits per heavy atom. The van der Waals surface area contributed by atoms with E-state index in [9.17, 15) is 14.9 Å². The molecule has 1 aromatic heterocycles. The number of anilines is 1. The molecule has 1 amide bonds. The molecule has 1 aromatic carbocycles. The van der Waals surface area contributed by atoms with Crippen molar-refractivity contribution in [1.29, 1.82) is 0 Å². The Hall–Kier alpha value is -2.70. The molecule has 22 heavy (non-hydrogen) atoms. The highest BCUT2D eigenvalue weighted by atomic mass is 16.6. The summed E-state index contributed by atoms with van der Waals surface area (Å²) in [6.07, 6.45) is 3.47. The number of benzene rings is 1. The third-order valence-corrected chi connectivity index (χ3v) is 3.29. The lowest BCUT2D eigenvalue weighted by molar-refractivity contribution is -0.385. The third-order valence-electron chi connectivity index (χ3n) is 3.29. The van der Waals surface area contributed by atoms with Crippen molar-refractivity contribution in [3.63, 3.8) is 0 Å². The maximum absolute atomic E-state index is 11.9. The van der Waals surface area contributed by atoms with E-state index in [0.29, 0.717) is 19.4 Å². The number of hydrogen-bond donors (Lipinski definition) is 1. The highest BCUT2D eigenvalue weighted by molar-refractivity contribution is 5.91. The molecule has 0 atom stereocenters. The Kier molecular flexibility index (Phi) is 4.88. The first kappa shape index (κ1) is 15.7. The molecule has 0 aliphatic carbocycles.